The van der Waals surface area contributed by atoms with Crippen molar-refractivity contribution < 1.29 is 4.42 Å². The second kappa shape index (κ2) is 2.45. The Morgan fingerprint density at radius 3 is 3.15 bits per heavy atom. The summed E-state index contributed by atoms with van der Waals surface area (Å²) < 4.78 is 4.99. The van der Waals surface area contributed by atoms with Crippen molar-refractivity contribution in [3.05, 3.63) is 28.0 Å². The van der Waals surface area contributed by atoms with Crippen LogP contribution in [-0.4, -0.2) is 9.97 Å². The molecule has 13 heavy (non-hydrogen) atoms. The molecule has 2 aromatic rings. The van der Waals surface area contributed by atoms with E-state index < -0.39 is 0 Å². The first-order valence-corrected chi connectivity index (χ1v) is 3.61. The number of nitrogens with one attached hydrogen (secondary N) is 1. The van der Waals surface area contributed by atoms with E-state index in [9.17, 15) is 4.79 Å². The van der Waals surface area contributed by atoms with Crippen LogP contribution in [0.4, 0.5) is 0 Å². The normalized spacial score (nSPS) is 10.2. The van der Waals surface area contributed by atoms with Gasteiger partial charge in [-0.25, -0.2) is 0 Å². The molecule has 0 aliphatic carbocycles. The molecule has 2 heterocycles. The Morgan fingerprint density at radius 1 is 1.69 bits per heavy atom. The third kappa shape index (κ3) is 1.08. The number of nitrogens with zero attached hydrogens (tertiary/aromatic N) is 2. The highest BCUT2D eigenvalue weighted by Gasteiger charge is 2.07. The smallest absolute Gasteiger partial charge is 0.262 e. The van der Waals surface area contributed by atoms with Crippen molar-refractivity contribution in [1.29, 1.82) is 5.26 Å². The number of nitriles is 1. The number of aromatic nitrogens is 2. The van der Waals surface area contributed by atoms with Crippen LogP contribution >= 0.6 is 0 Å². The van der Waals surface area contributed by atoms with Crippen LogP contribution in [0.5, 0.6) is 0 Å². The zero-order chi connectivity index (χ0) is 9.42. The number of H-pyrrole nitrogens is 1. The summed E-state index contributed by atoms with van der Waals surface area (Å²) >= 11 is 0. The van der Waals surface area contributed by atoms with Crippen molar-refractivity contribution in [2.24, 2.45) is 0 Å². The Bertz CT molecular complexity index is 559. The average molecular weight is 175 g/mol. The maximum atomic E-state index is 11.3. The summed E-state index contributed by atoms with van der Waals surface area (Å²) in [6.07, 6.45) is 0. The molecule has 64 valence electrons. The van der Waals surface area contributed by atoms with E-state index >= 15 is 0 Å². The summed E-state index contributed by atoms with van der Waals surface area (Å²) in [6.45, 7) is 1.65. The van der Waals surface area contributed by atoms with Crippen LogP contribution in [0, 0.1) is 18.3 Å². The lowest BCUT2D eigenvalue weighted by Crippen LogP contribution is -2.07. The van der Waals surface area contributed by atoms with Crippen LogP contribution in [-0.2, 0) is 0 Å². The monoisotopic (exact) mass is 175 g/mol. The van der Waals surface area contributed by atoms with E-state index in [4.69, 9.17) is 9.68 Å². The zero-order valence-corrected chi connectivity index (χ0v) is 6.79. The number of hydrogen-bond acceptors (Lipinski definition) is 4. The van der Waals surface area contributed by atoms with Gasteiger partial charge in [-0.05, 0) is 6.92 Å². The first-order chi connectivity index (χ1) is 6.20. The van der Waals surface area contributed by atoms with Gasteiger partial charge in [0.15, 0.2) is 0 Å². The van der Waals surface area contributed by atoms with Gasteiger partial charge in [0.25, 0.3) is 5.56 Å². The van der Waals surface area contributed by atoms with Crippen molar-refractivity contribution in [2.75, 3.05) is 0 Å². The summed E-state index contributed by atoms with van der Waals surface area (Å²) in [5.74, 6) is 0.565. The molecule has 0 unspecified atom stereocenters. The van der Waals surface area contributed by atoms with E-state index in [1.54, 1.807) is 13.0 Å². The third-order valence-electron chi connectivity index (χ3n) is 1.63. The fourth-order valence-electron chi connectivity index (χ4n) is 1.09. The van der Waals surface area contributed by atoms with Crippen molar-refractivity contribution in [3.63, 3.8) is 0 Å². The van der Waals surface area contributed by atoms with Crippen molar-refractivity contribution in [3.8, 4) is 6.07 Å². The van der Waals surface area contributed by atoms with E-state index in [0.29, 0.717) is 11.2 Å². The molecule has 0 fully saturated rings. The molecule has 0 spiro atoms. The molecule has 1 N–H and O–H groups in total. The molecule has 0 aliphatic heterocycles. The Morgan fingerprint density at radius 2 is 2.46 bits per heavy atom. The third-order valence-corrected chi connectivity index (χ3v) is 1.63. The molecule has 5 heteroatoms. The number of furan rings is 1. The summed E-state index contributed by atoms with van der Waals surface area (Å²) in [6, 6.07) is 3.18. The zero-order valence-electron chi connectivity index (χ0n) is 6.79. The SMILES string of the molecule is Cc1nc2oc(C#N)cc2c(=O)[nH]1. The van der Waals surface area contributed by atoms with Crippen LogP contribution in [0.25, 0.3) is 11.1 Å². The Hall–Kier alpha value is -2.09. The summed E-state index contributed by atoms with van der Waals surface area (Å²) in [7, 11) is 0. The van der Waals surface area contributed by atoms with Gasteiger partial charge < -0.3 is 9.40 Å². The number of fused-ring (bicyclic) bond motifs is 1. The van der Waals surface area contributed by atoms with Crippen LogP contribution in [0.2, 0.25) is 0 Å². The fourth-order valence-corrected chi connectivity index (χ4v) is 1.09. The maximum absolute atomic E-state index is 11.3. The molecule has 0 saturated heterocycles. The topological polar surface area (TPSA) is 82.7 Å². The van der Waals surface area contributed by atoms with E-state index in [1.807, 2.05) is 0 Å². The lowest BCUT2D eigenvalue weighted by molar-refractivity contribution is 0.585. The van der Waals surface area contributed by atoms with Crippen LogP contribution in [0.15, 0.2) is 15.3 Å². The molecule has 5 nitrogen and oxygen atoms in total. The summed E-state index contributed by atoms with van der Waals surface area (Å²) in [5, 5.41) is 8.82. The molecule has 0 amide bonds. The van der Waals surface area contributed by atoms with Crippen molar-refractivity contribution in [2.45, 2.75) is 6.92 Å². The van der Waals surface area contributed by atoms with Gasteiger partial charge in [0.2, 0.25) is 11.5 Å². The fraction of sp³-hybridized carbons (Fsp3) is 0.125. The second-order valence-corrected chi connectivity index (χ2v) is 2.59. The molecule has 0 saturated carbocycles. The van der Waals surface area contributed by atoms with Gasteiger partial charge in [-0.2, -0.15) is 10.2 Å². The number of hydrogen-bond donors (Lipinski definition) is 1. The van der Waals surface area contributed by atoms with Crippen molar-refractivity contribution >= 4 is 11.1 Å². The van der Waals surface area contributed by atoms with Gasteiger partial charge >= 0.3 is 0 Å². The highest BCUT2D eigenvalue weighted by atomic mass is 16.3. The van der Waals surface area contributed by atoms with E-state index in [2.05, 4.69) is 9.97 Å². The Labute approximate surface area is 72.6 Å². The molecular formula is C8H5N3O2. The lowest BCUT2D eigenvalue weighted by Gasteiger charge is -1.89. The Kier molecular flexibility index (Phi) is 1.43. The second-order valence-electron chi connectivity index (χ2n) is 2.59. The minimum atomic E-state index is -0.284. The quantitative estimate of drug-likeness (QED) is 0.638. The lowest BCUT2D eigenvalue weighted by atomic mass is 10.4. The number of aromatic amines is 1. The molecule has 0 atom stereocenters. The van der Waals surface area contributed by atoms with Crippen LogP contribution in [0.1, 0.15) is 11.6 Å². The highest BCUT2D eigenvalue weighted by molar-refractivity contribution is 5.73. The maximum Gasteiger partial charge on any atom is 0.262 e. The first-order valence-electron chi connectivity index (χ1n) is 3.61. The summed E-state index contributed by atoms with van der Waals surface area (Å²) in [5.41, 5.74) is -0.0782. The van der Waals surface area contributed by atoms with E-state index in [0.717, 1.165) is 0 Å². The predicted octanol–water partition coefficient (Wildman–Crippen LogP) is 0.696. The van der Waals surface area contributed by atoms with Gasteiger partial charge in [-0.3, -0.25) is 4.79 Å². The van der Waals surface area contributed by atoms with Crippen LogP contribution in [0.3, 0.4) is 0 Å². The van der Waals surface area contributed by atoms with Gasteiger partial charge in [-0.1, -0.05) is 0 Å². The molecule has 2 rings (SSSR count). The average Bonchev–Trinajstić information content (AvgIpc) is 2.47. The first kappa shape index (κ1) is 7.55. The van der Waals surface area contributed by atoms with Gasteiger partial charge in [-0.15, -0.1) is 0 Å². The predicted molar refractivity (Wildman–Crippen MR) is 44.1 cm³/mol. The van der Waals surface area contributed by atoms with E-state index in [1.165, 1.54) is 6.07 Å². The molecule has 0 aromatic carbocycles. The molecule has 0 radical (unpaired) electrons. The summed E-state index contributed by atoms with van der Waals surface area (Å²) in [4.78, 5) is 17.7. The van der Waals surface area contributed by atoms with E-state index in [-0.39, 0.29) is 17.0 Å². The van der Waals surface area contributed by atoms with Gasteiger partial charge in [0.1, 0.15) is 17.3 Å². The molecule has 2 aromatic heterocycles. The molecule has 0 aliphatic rings. The standard InChI is InChI=1S/C8H5N3O2/c1-4-10-7(12)6-2-5(3-9)13-8(6)11-4/h2H,1H3,(H,10,11,12). The van der Waals surface area contributed by atoms with Gasteiger partial charge in [0.05, 0.1) is 0 Å². The van der Waals surface area contributed by atoms with Crippen LogP contribution < -0.4 is 5.56 Å². The number of aryl methyl sites for hydroxylation is 1. The molecule has 0 bridgehead atoms. The number of rotatable bonds is 0. The van der Waals surface area contributed by atoms with Crippen molar-refractivity contribution in [1.82, 2.24) is 9.97 Å². The molecular weight excluding hydrogens is 170 g/mol. The Balaban J connectivity index is 2.93. The largest absolute Gasteiger partial charge is 0.427 e. The minimum absolute atomic E-state index is 0.0959. The van der Waals surface area contributed by atoms with Gasteiger partial charge in [0, 0.05) is 6.07 Å². The minimum Gasteiger partial charge on any atom is -0.427 e. The highest BCUT2D eigenvalue weighted by Crippen LogP contribution is 2.11.